The normalized spacial score (nSPS) is 10.4. The summed E-state index contributed by atoms with van der Waals surface area (Å²) in [4.78, 5) is 12.9. The van der Waals surface area contributed by atoms with Crippen molar-refractivity contribution in [1.29, 1.82) is 0 Å². The molecular weight excluding hydrogens is 354 g/mol. The zero-order valence-corrected chi connectivity index (χ0v) is 13.5. The highest BCUT2D eigenvalue weighted by molar-refractivity contribution is 9.10. The van der Waals surface area contributed by atoms with Gasteiger partial charge in [-0.25, -0.2) is 0 Å². The Morgan fingerprint density at radius 2 is 2.00 bits per heavy atom. The van der Waals surface area contributed by atoms with Gasteiger partial charge in [-0.2, -0.15) is 11.3 Å². The summed E-state index contributed by atoms with van der Waals surface area (Å²) in [6.45, 7) is 0. The molecule has 2 aromatic heterocycles. The number of carbonyl (C=O) groups is 1. The van der Waals surface area contributed by atoms with E-state index in [0.717, 1.165) is 15.7 Å². The monoisotopic (exact) mass is 363 g/mol. The van der Waals surface area contributed by atoms with Gasteiger partial charge >= 0.3 is 0 Å². The lowest BCUT2D eigenvalue weighted by Gasteiger charge is -2.06. The van der Waals surface area contributed by atoms with Gasteiger partial charge in [0.1, 0.15) is 4.88 Å². The van der Waals surface area contributed by atoms with Crippen LogP contribution in [0.1, 0.15) is 9.67 Å². The SMILES string of the molecule is O=C(Nc1cccc(-c2ccsc2)c1)c1sccc1Br. The summed E-state index contributed by atoms with van der Waals surface area (Å²) in [5.74, 6) is -0.0886. The van der Waals surface area contributed by atoms with Gasteiger partial charge in [-0.3, -0.25) is 4.79 Å². The lowest BCUT2D eigenvalue weighted by atomic mass is 10.1. The Kier molecular flexibility index (Phi) is 4.00. The Morgan fingerprint density at radius 3 is 2.70 bits per heavy atom. The molecule has 0 saturated heterocycles. The van der Waals surface area contributed by atoms with Crippen LogP contribution in [-0.2, 0) is 0 Å². The molecule has 20 heavy (non-hydrogen) atoms. The smallest absolute Gasteiger partial charge is 0.266 e. The number of rotatable bonds is 3. The van der Waals surface area contributed by atoms with E-state index < -0.39 is 0 Å². The highest BCUT2D eigenvalue weighted by Crippen LogP contribution is 2.27. The second-order valence-electron chi connectivity index (χ2n) is 4.14. The van der Waals surface area contributed by atoms with Crippen LogP contribution in [0.4, 0.5) is 5.69 Å². The summed E-state index contributed by atoms with van der Waals surface area (Å²) < 4.78 is 0.828. The minimum absolute atomic E-state index is 0.0886. The first-order valence-electron chi connectivity index (χ1n) is 5.91. The Balaban J connectivity index is 1.83. The quantitative estimate of drug-likeness (QED) is 0.654. The molecule has 0 radical (unpaired) electrons. The summed E-state index contributed by atoms with van der Waals surface area (Å²) in [5, 5.41) is 8.96. The molecule has 2 heterocycles. The van der Waals surface area contributed by atoms with Crippen molar-refractivity contribution in [1.82, 2.24) is 0 Å². The van der Waals surface area contributed by atoms with E-state index in [4.69, 9.17) is 0 Å². The third kappa shape index (κ3) is 2.85. The number of carbonyl (C=O) groups excluding carboxylic acids is 1. The van der Waals surface area contributed by atoms with Crippen molar-refractivity contribution < 1.29 is 4.79 Å². The fraction of sp³-hybridized carbons (Fsp3) is 0. The number of halogens is 1. The highest BCUT2D eigenvalue weighted by Gasteiger charge is 2.11. The lowest BCUT2D eigenvalue weighted by molar-refractivity contribution is 0.103. The molecule has 1 amide bonds. The van der Waals surface area contributed by atoms with Crippen LogP contribution in [0.3, 0.4) is 0 Å². The Morgan fingerprint density at radius 1 is 1.10 bits per heavy atom. The van der Waals surface area contributed by atoms with Crippen LogP contribution < -0.4 is 5.32 Å². The van der Waals surface area contributed by atoms with E-state index in [1.54, 1.807) is 11.3 Å². The number of hydrogen-bond acceptors (Lipinski definition) is 3. The lowest BCUT2D eigenvalue weighted by Crippen LogP contribution is -2.10. The summed E-state index contributed by atoms with van der Waals surface area (Å²) in [6.07, 6.45) is 0. The van der Waals surface area contributed by atoms with Gasteiger partial charge in [0.25, 0.3) is 5.91 Å². The van der Waals surface area contributed by atoms with Crippen LogP contribution in [0.5, 0.6) is 0 Å². The number of benzene rings is 1. The van der Waals surface area contributed by atoms with E-state index in [0.29, 0.717) is 4.88 Å². The molecule has 3 rings (SSSR count). The fourth-order valence-corrected chi connectivity index (χ4v) is 3.96. The average Bonchev–Trinajstić information content (AvgIpc) is 3.09. The molecule has 0 aliphatic carbocycles. The minimum atomic E-state index is -0.0886. The number of anilines is 1. The van der Waals surface area contributed by atoms with Gasteiger partial charge in [0.15, 0.2) is 0 Å². The second kappa shape index (κ2) is 5.91. The third-order valence-corrected chi connectivity index (χ3v) is 5.32. The standard InChI is InChI=1S/C15H10BrNOS2/c16-13-5-7-20-14(13)15(18)17-12-3-1-2-10(8-12)11-4-6-19-9-11/h1-9H,(H,17,18). The van der Waals surface area contributed by atoms with Gasteiger partial charge < -0.3 is 5.32 Å². The maximum Gasteiger partial charge on any atom is 0.266 e. The van der Waals surface area contributed by atoms with Gasteiger partial charge in [-0.1, -0.05) is 12.1 Å². The summed E-state index contributed by atoms with van der Waals surface area (Å²) >= 11 is 6.46. The van der Waals surface area contributed by atoms with Crippen molar-refractivity contribution in [2.45, 2.75) is 0 Å². The molecule has 0 atom stereocenters. The summed E-state index contributed by atoms with van der Waals surface area (Å²) in [5.41, 5.74) is 3.08. The van der Waals surface area contributed by atoms with Gasteiger partial charge in [-0.15, -0.1) is 11.3 Å². The Labute approximate surface area is 133 Å². The van der Waals surface area contributed by atoms with Crippen LogP contribution >= 0.6 is 38.6 Å². The average molecular weight is 364 g/mol. The molecule has 0 saturated carbocycles. The van der Waals surface area contributed by atoms with Crippen molar-refractivity contribution in [3.8, 4) is 11.1 Å². The molecule has 100 valence electrons. The predicted octanol–water partition coefficient (Wildman–Crippen LogP) is 5.49. The van der Waals surface area contributed by atoms with Crippen LogP contribution in [0.2, 0.25) is 0 Å². The molecule has 0 aliphatic heterocycles. The third-order valence-electron chi connectivity index (χ3n) is 2.80. The topological polar surface area (TPSA) is 29.1 Å². The first-order valence-corrected chi connectivity index (χ1v) is 8.52. The van der Waals surface area contributed by atoms with Gasteiger partial charge in [0.05, 0.1) is 0 Å². The maximum absolute atomic E-state index is 12.2. The highest BCUT2D eigenvalue weighted by atomic mass is 79.9. The fourth-order valence-electron chi connectivity index (χ4n) is 1.85. The number of nitrogens with one attached hydrogen (secondary N) is 1. The van der Waals surface area contributed by atoms with Crippen molar-refractivity contribution >= 4 is 50.2 Å². The van der Waals surface area contributed by atoms with Gasteiger partial charge in [0, 0.05) is 10.2 Å². The molecule has 3 aromatic rings. The van der Waals surface area contributed by atoms with E-state index in [9.17, 15) is 4.79 Å². The molecule has 0 bridgehead atoms. The molecule has 1 N–H and O–H groups in total. The van der Waals surface area contributed by atoms with Crippen molar-refractivity contribution in [3.05, 3.63) is 61.9 Å². The van der Waals surface area contributed by atoms with E-state index in [1.807, 2.05) is 41.1 Å². The number of amides is 1. The molecule has 2 nitrogen and oxygen atoms in total. The van der Waals surface area contributed by atoms with Gasteiger partial charge in [0.2, 0.25) is 0 Å². The Hall–Kier alpha value is -1.43. The minimum Gasteiger partial charge on any atom is -0.321 e. The molecule has 1 aromatic carbocycles. The molecule has 5 heteroatoms. The van der Waals surface area contributed by atoms with Gasteiger partial charge in [-0.05, 0) is 67.5 Å². The largest absolute Gasteiger partial charge is 0.321 e. The van der Waals surface area contributed by atoms with Crippen LogP contribution in [0.25, 0.3) is 11.1 Å². The number of thiophene rings is 2. The van der Waals surface area contributed by atoms with Crippen molar-refractivity contribution in [2.75, 3.05) is 5.32 Å². The molecule has 0 fully saturated rings. The number of hydrogen-bond donors (Lipinski definition) is 1. The van der Waals surface area contributed by atoms with Crippen LogP contribution in [0.15, 0.2) is 57.0 Å². The molecular formula is C15H10BrNOS2. The zero-order chi connectivity index (χ0) is 13.9. The molecule has 0 aliphatic rings. The predicted molar refractivity (Wildman–Crippen MR) is 89.7 cm³/mol. The van der Waals surface area contributed by atoms with E-state index in [2.05, 4.69) is 32.7 Å². The maximum atomic E-state index is 12.2. The summed E-state index contributed by atoms with van der Waals surface area (Å²) in [7, 11) is 0. The molecule has 0 unspecified atom stereocenters. The van der Waals surface area contributed by atoms with Crippen LogP contribution in [0, 0.1) is 0 Å². The Bertz CT molecular complexity index is 734. The van der Waals surface area contributed by atoms with E-state index in [1.165, 1.54) is 16.9 Å². The molecule has 0 spiro atoms. The van der Waals surface area contributed by atoms with E-state index >= 15 is 0 Å². The first-order chi connectivity index (χ1) is 9.74. The second-order valence-corrected chi connectivity index (χ2v) is 6.70. The van der Waals surface area contributed by atoms with Crippen LogP contribution in [-0.4, -0.2) is 5.91 Å². The first kappa shape index (κ1) is 13.5. The van der Waals surface area contributed by atoms with Crippen molar-refractivity contribution in [3.63, 3.8) is 0 Å². The summed E-state index contributed by atoms with van der Waals surface area (Å²) in [6, 6.07) is 11.8. The van der Waals surface area contributed by atoms with Crippen molar-refractivity contribution in [2.24, 2.45) is 0 Å². The zero-order valence-electron chi connectivity index (χ0n) is 10.3. The van der Waals surface area contributed by atoms with E-state index in [-0.39, 0.29) is 5.91 Å².